The number of nitrogens with two attached hydrogens (primary N) is 1. The van der Waals surface area contributed by atoms with Gasteiger partial charge < -0.3 is 10.8 Å². The Morgan fingerprint density at radius 1 is 1.39 bits per heavy atom. The second-order valence-electron chi connectivity index (χ2n) is 4.41. The molecule has 0 fully saturated rings. The summed E-state index contributed by atoms with van der Waals surface area (Å²) in [5.74, 6) is -1.08. The van der Waals surface area contributed by atoms with Crippen LogP contribution in [0.3, 0.4) is 0 Å². The normalized spacial score (nSPS) is 10.7. The van der Waals surface area contributed by atoms with Gasteiger partial charge >= 0.3 is 5.69 Å². The number of anilines is 1. The van der Waals surface area contributed by atoms with Crippen LogP contribution >= 0.6 is 15.9 Å². The lowest BCUT2D eigenvalue weighted by Gasteiger charge is -2.04. The Morgan fingerprint density at radius 2 is 2.09 bits per heavy atom. The van der Waals surface area contributed by atoms with E-state index in [0.717, 1.165) is 12.3 Å². The third-order valence-electron chi connectivity index (χ3n) is 2.86. The van der Waals surface area contributed by atoms with E-state index in [2.05, 4.69) is 26.5 Å². The number of para-hydroxylation sites is 1. The van der Waals surface area contributed by atoms with Crippen molar-refractivity contribution in [1.82, 2.24) is 5.43 Å². The minimum Gasteiger partial charge on any atom is -0.502 e. The zero-order valence-electron chi connectivity index (χ0n) is 11.6. The van der Waals surface area contributed by atoms with Crippen molar-refractivity contribution in [3.05, 3.63) is 62.1 Å². The molecule has 9 heteroatoms. The van der Waals surface area contributed by atoms with Gasteiger partial charge in [0, 0.05) is 21.8 Å². The maximum atomic E-state index is 11.9. The van der Waals surface area contributed by atoms with Crippen LogP contribution < -0.4 is 11.2 Å². The smallest absolute Gasteiger partial charge is 0.312 e. The number of hydrogen-bond acceptors (Lipinski definition) is 6. The summed E-state index contributed by atoms with van der Waals surface area (Å²) in [5.41, 5.74) is 8.05. The van der Waals surface area contributed by atoms with E-state index in [0.29, 0.717) is 10.2 Å². The van der Waals surface area contributed by atoms with E-state index >= 15 is 0 Å². The highest BCUT2D eigenvalue weighted by molar-refractivity contribution is 9.10. The van der Waals surface area contributed by atoms with Crippen LogP contribution in [0.4, 0.5) is 11.4 Å². The number of aromatic hydroxyl groups is 1. The third kappa shape index (κ3) is 3.83. The second-order valence-corrected chi connectivity index (χ2v) is 5.32. The lowest BCUT2D eigenvalue weighted by Crippen LogP contribution is -2.19. The van der Waals surface area contributed by atoms with Gasteiger partial charge in [0.05, 0.1) is 16.7 Å². The molecule has 4 N–H and O–H groups in total. The number of halogens is 1. The Morgan fingerprint density at radius 3 is 2.74 bits per heavy atom. The fourth-order valence-corrected chi connectivity index (χ4v) is 2.23. The largest absolute Gasteiger partial charge is 0.502 e. The number of benzene rings is 2. The topological polar surface area (TPSA) is 131 Å². The lowest BCUT2D eigenvalue weighted by molar-refractivity contribution is -0.385. The number of rotatable bonds is 4. The predicted molar refractivity (Wildman–Crippen MR) is 88.4 cm³/mol. The number of hydrazone groups is 1. The summed E-state index contributed by atoms with van der Waals surface area (Å²) in [6, 6.07) is 9.03. The van der Waals surface area contributed by atoms with Crippen LogP contribution in [0, 0.1) is 10.1 Å². The standard InChI is InChI=1S/C14H11BrN4O4/c15-9-5-8(13(20)12(6-9)19(22)23)7-17-18-14(21)10-3-1-2-4-11(10)16/h1-7,20H,16H2,(H,18,21)/b17-7-. The molecule has 1 amide bonds. The molecule has 0 unspecified atom stereocenters. The van der Waals surface area contributed by atoms with Gasteiger partial charge in [-0.15, -0.1) is 0 Å². The number of carbonyl (C=O) groups is 1. The maximum Gasteiger partial charge on any atom is 0.312 e. The van der Waals surface area contributed by atoms with Crippen LogP contribution in [0.5, 0.6) is 5.75 Å². The molecule has 0 spiro atoms. The van der Waals surface area contributed by atoms with Gasteiger partial charge in [-0.1, -0.05) is 28.1 Å². The monoisotopic (exact) mass is 378 g/mol. The van der Waals surface area contributed by atoms with Crippen LogP contribution in [0.2, 0.25) is 0 Å². The Labute approximate surface area is 138 Å². The van der Waals surface area contributed by atoms with Crippen molar-refractivity contribution in [2.24, 2.45) is 5.10 Å². The first kappa shape index (κ1) is 16.4. The SMILES string of the molecule is Nc1ccccc1C(=O)N/N=C\c1cc(Br)cc([N+](=O)[O-])c1O. The zero-order chi connectivity index (χ0) is 17.0. The number of amides is 1. The first-order valence-corrected chi connectivity index (χ1v) is 7.04. The van der Waals surface area contributed by atoms with Crippen LogP contribution in [0.1, 0.15) is 15.9 Å². The van der Waals surface area contributed by atoms with Crippen LogP contribution in [0.25, 0.3) is 0 Å². The molecule has 0 saturated heterocycles. The summed E-state index contributed by atoms with van der Waals surface area (Å²) in [4.78, 5) is 22.0. The minimum absolute atomic E-state index is 0.0763. The van der Waals surface area contributed by atoms with E-state index in [1.165, 1.54) is 12.1 Å². The first-order chi connectivity index (χ1) is 10.9. The number of nitrogen functional groups attached to an aromatic ring is 1. The van der Waals surface area contributed by atoms with Crippen molar-refractivity contribution in [2.75, 3.05) is 5.73 Å². The molecule has 0 aliphatic heterocycles. The van der Waals surface area contributed by atoms with Gasteiger partial charge in [0.1, 0.15) is 0 Å². The quantitative estimate of drug-likeness (QED) is 0.325. The highest BCUT2D eigenvalue weighted by atomic mass is 79.9. The zero-order valence-corrected chi connectivity index (χ0v) is 13.1. The van der Waals surface area contributed by atoms with Gasteiger partial charge in [-0.2, -0.15) is 5.10 Å². The highest BCUT2D eigenvalue weighted by Gasteiger charge is 2.17. The summed E-state index contributed by atoms with van der Waals surface area (Å²) in [6.07, 6.45) is 1.10. The molecule has 2 rings (SSSR count). The predicted octanol–water partition coefficient (Wildman–Crippen LogP) is 2.41. The fourth-order valence-electron chi connectivity index (χ4n) is 1.77. The van der Waals surface area contributed by atoms with Crippen molar-refractivity contribution in [3.8, 4) is 5.75 Å². The molecule has 2 aromatic rings. The summed E-state index contributed by atoms with van der Waals surface area (Å²) < 4.78 is 0.391. The van der Waals surface area contributed by atoms with Gasteiger partial charge in [0.2, 0.25) is 5.75 Å². The Balaban J connectivity index is 2.20. The number of phenols is 1. The van der Waals surface area contributed by atoms with Gasteiger partial charge in [-0.05, 0) is 18.2 Å². The molecule has 0 aliphatic rings. The molecule has 0 aromatic heterocycles. The van der Waals surface area contributed by atoms with E-state index in [9.17, 15) is 20.0 Å². The number of nitro benzene ring substituents is 1. The van der Waals surface area contributed by atoms with Crippen molar-refractivity contribution >= 4 is 39.4 Å². The number of nitro groups is 1. The number of nitrogens with zero attached hydrogens (tertiary/aromatic N) is 2. The van der Waals surface area contributed by atoms with E-state index in [1.807, 2.05) is 0 Å². The average molecular weight is 379 g/mol. The number of nitrogens with one attached hydrogen (secondary N) is 1. The summed E-state index contributed by atoms with van der Waals surface area (Å²) in [5, 5.41) is 24.3. The molecular weight excluding hydrogens is 368 g/mol. The number of phenolic OH excluding ortho intramolecular Hbond substituents is 1. The first-order valence-electron chi connectivity index (χ1n) is 6.25. The van der Waals surface area contributed by atoms with Gasteiger partial charge in [-0.25, -0.2) is 5.43 Å². The Kier molecular flexibility index (Phi) is 4.91. The molecular formula is C14H11BrN4O4. The third-order valence-corrected chi connectivity index (χ3v) is 3.31. The molecule has 0 saturated carbocycles. The molecule has 0 aliphatic carbocycles. The molecule has 2 aromatic carbocycles. The van der Waals surface area contributed by atoms with Gasteiger partial charge in [0.25, 0.3) is 5.91 Å². The minimum atomic E-state index is -0.722. The van der Waals surface area contributed by atoms with Crippen molar-refractivity contribution in [3.63, 3.8) is 0 Å². The lowest BCUT2D eigenvalue weighted by atomic mass is 10.2. The van der Waals surface area contributed by atoms with E-state index in [1.54, 1.807) is 18.2 Å². The highest BCUT2D eigenvalue weighted by Crippen LogP contribution is 2.32. The summed E-state index contributed by atoms with van der Waals surface area (Å²) in [6.45, 7) is 0. The second kappa shape index (κ2) is 6.88. The molecule has 0 heterocycles. The number of carbonyl (C=O) groups excluding carboxylic acids is 1. The summed E-state index contributed by atoms with van der Waals surface area (Å²) >= 11 is 3.10. The Hall–Kier alpha value is -2.94. The fraction of sp³-hybridized carbons (Fsp3) is 0. The average Bonchev–Trinajstić information content (AvgIpc) is 2.50. The van der Waals surface area contributed by atoms with Crippen LogP contribution in [-0.2, 0) is 0 Å². The van der Waals surface area contributed by atoms with Crippen LogP contribution in [0.15, 0.2) is 46.0 Å². The molecule has 8 nitrogen and oxygen atoms in total. The molecule has 118 valence electrons. The molecule has 0 atom stereocenters. The van der Waals surface area contributed by atoms with Crippen LogP contribution in [-0.4, -0.2) is 22.2 Å². The van der Waals surface area contributed by atoms with E-state index in [4.69, 9.17) is 5.73 Å². The molecule has 0 bridgehead atoms. The molecule has 0 radical (unpaired) electrons. The van der Waals surface area contributed by atoms with E-state index < -0.39 is 22.3 Å². The van der Waals surface area contributed by atoms with Gasteiger partial charge in [-0.3, -0.25) is 14.9 Å². The van der Waals surface area contributed by atoms with Gasteiger partial charge in [0.15, 0.2) is 0 Å². The maximum absolute atomic E-state index is 11.9. The Bertz CT molecular complexity index is 807. The number of hydrogen-bond donors (Lipinski definition) is 3. The van der Waals surface area contributed by atoms with Crippen molar-refractivity contribution in [1.29, 1.82) is 0 Å². The van der Waals surface area contributed by atoms with Crippen molar-refractivity contribution < 1.29 is 14.8 Å². The molecule has 23 heavy (non-hydrogen) atoms. The van der Waals surface area contributed by atoms with Crippen molar-refractivity contribution in [2.45, 2.75) is 0 Å². The summed E-state index contributed by atoms with van der Waals surface area (Å²) in [7, 11) is 0. The van der Waals surface area contributed by atoms with E-state index in [-0.39, 0.29) is 11.1 Å².